The monoisotopic (exact) mass is 233 g/mol. The standard InChI is InChI=1S/C14H19NO2/c1-17-13-9-5-3-7-11(13)14(16)10-6-2-4-8-12(10)15/h3,5,7,9-10,12H,2,4,6,8,15H2,1H3. The van der Waals surface area contributed by atoms with Crippen LogP contribution in [0.5, 0.6) is 5.75 Å². The van der Waals surface area contributed by atoms with Crippen LogP contribution in [-0.4, -0.2) is 18.9 Å². The highest BCUT2D eigenvalue weighted by Gasteiger charge is 2.30. The van der Waals surface area contributed by atoms with Crippen LogP contribution in [0, 0.1) is 5.92 Å². The molecule has 0 aliphatic heterocycles. The lowest BCUT2D eigenvalue weighted by atomic mass is 9.80. The van der Waals surface area contributed by atoms with Gasteiger partial charge in [-0.3, -0.25) is 4.79 Å². The third-order valence-corrected chi connectivity index (χ3v) is 3.53. The molecule has 0 saturated heterocycles. The van der Waals surface area contributed by atoms with Gasteiger partial charge in [-0.25, -0.2) is 0 Å². The highest BCUT2D eigenvalue weighted by molar-refractivity contribution is 6.00. The smallest absolute Gasteiger partial charge is 0.171 e. The first-order chi connectivity index (χ1) is 8.24. The van der Waals surface area contributed by atoms with Crippen LogP contribution in [-0.2, 0) is 0 Å². The van der Waals surface area contributed by atoms with E-state index in [1.165, 1.54) is 0 Å². The van der Waals surface area contributed by atoms with E-state index in [4.69, 9.17) is 10.5 Å². The topological polar surface area (TPSA) is 52.3 Å². The van der Waals surface area contributed by atoms with Crippen LogP contribution in [0.3, 0.4) is 0 Å². The molecule has 2 unspecified atom stereocenters. The van der Waals surface area contributed by atoms with Gasteiger partial charge in [-0.1, -0.05) is 25.0 Å². The second-order valence-electron chi connectivity index (χ2n) is 4.62. The SMILES string of the molecule is COc1ccccc1C(=O)C1CCCCC1N. The number of para-hydroxylation sites is 1. The maximum atomic E-state index is 12.4. The fourth-order valence-corrected chi connectivity index (χ4v) is 2.53. The molecule has 1 aromatic rings. The Morgan fingerprint density at radius 3 is 2.71 bits per heavy atom. The lowest BCUT2D eigenvalue weighted by Crippen LogP contribution is -2.38. The van der Waals surface area contributed by atoms with E-state index in [1.807, 2.05) is 24.3 Å². The molecule has 0 heterocycles. The number of methoxy groups -OCH3 is 1. The molecule has 0 aromatic heterocycles. The van der Waals surface area contributed by atoms with Crippen molar-refractivity contribution >= 4 is 5.78 Å². The lowest BCUT2D eigenvalue weighted by molar-refractivity contribution is 0.0868. The summed E-state index contributed by atoms with van der Waals surface area (Å²) in [5.41, 5.74) is 6.71. The van der Waals surface area contributed by atoms with Crippen molar-refractivity contribution in [1.82, 2.24) is 0 Å². The number of ketones is 1. The van der Waals surface area contributed by atoms with Crippen LogP contribution in [0.15, 0.2) is 24.3 Å². The van der Waals surface area contributed by atoms with Gasteiger partial charge in [0.2, 0.25) is 0 Å². The molecule has 0 radical (unpaired) electrons. The molecule has 92 valence electrons. The molecule has 0 amide bonds. The first kappa shape index (κ1) is 12.1. The molecule has 0 bridgehead atoms. The predicted octanol–water partition coefficient (Wildman–Crippen LogP) is 2.40. The summed E-state index contributed by atoms with van der Waals surface area (Å²) in [5.74, 6) is 0.741. The highest BCUT2D eigenvalue weighted by atomic mass is 16.5. The lowest BCUT2D eigenvalue weighted by Gasteiger charge is -2.27. The van der Waals surface area contributed by atoms with Crippen molar-refractivity contribution in [2.75, 3.05) is 7.11 Å². The summed E-state index contributed by atoms with van der Waals surface area (Å²) < 4.78 is 5.23. The zero-order valence-electron chi connectivity index (χ0n) is 10.2. The van der Waals surface area contributed by atoms with Gasteiger partial charge >= 0.3 is 0 Å². The Kier molecular flexibility index (Phi) is 3.79. The zero-order chi connectivity index (χ0) is 12.3. The minimum absolute atomic E-state index is 0.00108. The van der Waals surface area contributed by atoms with Crippen molar-refractivity contribution in [2.24, 2.45) is 11.7 Å². The minimum atomic E-state index is -0.0416. The first-order valence-electron chi connectivity index (χ1n) is 6.17. The molecular formula is C14H19NO2. The van der Waals surface area contributed by atoms with Crippen molar-refractivity contribution in [2.45, 2.75) is 31.7 Å². The summed E-state index contributed by atoms with van der Waals surface area (Å²) in [6.07, 6.45) is 4.08. The van der Waals surface area contributed by atoms with Crippen molar-refractivity contribution in [3.8, 4) is 5.75 Å². The van der Waals surface area contributed by atoms with Crippen LogP contribution in [0.2, 0.25) is 0 Å². The van der Waals surface area contributed by atoms with Gasteiger partial charge in [0, 0.05) is 12.0 Å². The van der Waals surface area contributed by atoms with Crippen LogP contribution in [0.4, 0.5) is 0 Å². The summed E-state index contributed by atoms with van der Waals surface area (Å²) in [4.78, 5) is 12.4. The summed E-state index contributed by atoms with van der Waals surface area (Å²) in [5, 5.41) is 0. The van der Waals surface area contributed by atoms with Crippen LogP contribution in [0.25, 0.3) is 0 Å². The van der Waals surface area contributed by atoms with Gasteiger partial charge in [-0.15, -0.1) is 0 Å². The van der Waals surface area contributed by atoms with Gasteiger partial charge in [0.25, 0.3) is 0 Å². The minimum Gasteiger partial charge on any atom is -0.496 e. The predicted molar refractivity (Wildman–Crippen MR) is 67.3 cm³/mol. The van der Waals surface area contributed by atoms with Crippen molar-refractivity contribution in [3.63, 3.8) is 0 Å². The van der Waals surface area contributed by atoms with Gasteiger partial charge in [-0.2, -0.15) is 0 Å². The van der Waals surface area contributed by atoms with Gasteiger partial charge < -0.3 is 10.5 Å². The van der Waals surface area contributed by atoms with E-state index >= 15 is 0 Å². The van der Waals surface area contributed by atoms with Crippen LogP contribution >= 0.6 is 0 Å². The van der Waals surface area contributed by atoms with Gasteiger partial charge in [0.15, 0.2) is 5.78 Å². The maximum absolute atomic E-state index is 12.4. The second-order valence-corrected chi connectivity index (χ2v) is 4.62. The molecule has 2 rings (SSSR count). The Balaban J connectivity index is 2.23. The molecule has 1 aromatic carbocycles. The zero-order valence-corrected chi connectivity index (χ0v) is 10.2. The number of carbonyl (C=O) groups excluding carboxylic acids is 1. The number of benzene rings is 1. The van der Waals surface area contributed by atoms with E-state index in [9.17, 15) is 4.79 Å². The van der Waals surface area contributed by atoms with Crippen molar-refractivity contribution in [1.29, 1.82) is 0 Å². The Labute approximate surface area is 102 Å². The Morgan fingerprint density at radius 2 is 2.00 bits per heavy atom. The second kappa shape index (κ2) is 5.32. The quantitative estimate of drug-likeness (QED) is 0.816. The van der Waals surface area contributed by atoms with E-state index in [-0.39, 0.29) is 17.7 Å². The highest BCUT2D eigenvalue weighted by Crippen LogP contribution is 2.29. The number of ether oxygens (including phenoxy) is 1. The van der Waals surface area contributed by atoms with Crippen molar-refractivity contribution < 1.29 is 9.53 Å². The summed E-state index contributed by atoms with van der Waals surface area (Å²) in [7, 11) is 1.59. The Hall–Kier alpha value is -1.35. The fourth-order valence-electron chi connectivity index (χ4n) is 2.53. The third-order valence-electron chi connectivity index (χ3n) is 3.53. The summed E-state index contributed by atoms with van der Waals surface area (Å²) in [6.45, 7) is 0. The third kappa shape index (κ3) is 2.50. The molecule has 1 saturated carbocycles. The van der Waals surface area contributed by atoms with Gasteiger partial charge in [0.05, 0.1) is 12.7 Å². The largest absolute Gasteiger partial charge is 0.496 e. The number of Topliss-reactive ketones (excluding diaryl/α,β-unsaturated/α-hetero) is 1. The van der Waals surface area contributed by atoms with Crippen LogP contribution in [0.1, 0.15) is 36.0 Å². The molecule has 17 heavy (non-hydrogen) atoms. The van der Waals surface area contributed by atoms with E-state index in [0.29, 0.717) is 11.3 Å². The van der Waals surface area contributed by atoms with Crippen molar-refractivity contribution in [3.05, 3.63) is 29.8 Å². The Morgan fingerprint density at radius 1 is 1.29 bits per heavy atom. The maximum Gasteiger partial charge on any atom is 0.171 e. The van der Waals surface area contributed by atoms with E-state index in [1.54, 1.807) is 7.11 Å². The number of rotatable bonds is 3. The molecule has 0 spiro atoms. The molecule has 2 atom stereocenters. The number of hydrogen-bond acceptors (Lipinski definition) is 3. The first-order valence-corrected chi connectivity index (χ1v) is 6.17. The molecule has 3 heteroatoms. The molecule has 1 fully saturated rings. The summed E-state index contributed by atoms with van der Waals surface area (Å²) in [6, 6.07) is 7.38. The molecular weight excluding hydrogens is 214 g/mol. The average Bonchev–Trinajstić information content (AvgIpc) is 2.38. The number of hydrogen-bond donors (Lipinski definition) is 1. The molecule has 3 nitrogen and oxygen atoms in total. The molecule has 2 N–H and O–H groups in total. The van der Waals surface area contributed by atoms with E-state index in [0.717, 1.165) is 25.7 Å². The normalized spacial score (nSPS) is 24.4. The average molecular weight is 233 g/mol. The van der Waals surface area contributed by atoms with Crippen LogP contribution < -0.4 is 10.5 Å². The van der Waals surface area contributed by atoms with E-state index < -0.39 is 0 Å². The molecule has 1 aliphatic rings. The fraction of sp³-hybridized carbons (Fsp3) is 0.500. The van der Waals surface area contributed by atoms with E-state index in [2.05, 4.69) is 0 Å². The molecule has 1 aliphatic carbocycles. The number of carbonyl (C=O) groups is 1. The van der Waals surface area contributed by atoms with Gasteiger partial charge in [0.1, 0.15) is 5.75 Å². The number of nitrogens with two attached hydrogens (primary N) is 1. The Bertz CT molecular complexity index is 403. The summed E-state index contributed by atoms with van der Waals surface area (Å²) >= 11 is 0. The van der Waals surface area contributed by atoms with Gasteiger partial charge in [-0.05, 0) is 25.0 Å².